The molecule has 1 N–H and O–H groups in total. The summed E-state index contributed by atoms with van der Waals surface area (Å²) in [4.78, 5) is 0. The minimum Gasteiger partial charge on any atom is -0.310 e. The van der Waals surface area contributed by atoms with Crippen LogP contribution in [0.4, 0.5) is 0 Å². The second-order valence-electron chi connectivity index (χ2n) is 4.54. The third-order valence-electron chi connectivity index (χ3n) is 2.39. The van der Waals surface area contributed by atoms with Crippen molar-refractivity contribution in [1.82, 2.24) is 5.32 Å². The van der Waals surface area contributed by atoms with E-state index in [4.69, 9.17) is 11.6 Å². The summed E-state index contributed by atoms with van der Waals surface area (Å²) in [5.74, 6) is 0.748. The molecule has 15 heavy (non-hydrogen) atoms. The van der Waals surface area contributed by atoms with E-state index in [9.17, 15) is 0 Å². The monoisotopic (exact) mass is 225 g/mol. The molecule has 0 aliphatic carbocycles. The van der Waals surface area contributed by atoms with Crippen LogP contribution in [-0.2, 0) is 6.54 Å². The lowest BCUT2D eigenvalue weighted by atomic mass is 10.1. The molecule has 0 fully saturated rings. The highest BCUT2D eigenvalue weighted by atomic mass is 35.5. The number of halogens is 1. The second-order valence-corrected chi connectivity index (χ2v) is 4.97. The van der Waals surface area contributed by atoms with Gasteiger partial charge in [0.15, 0.2) is 0 Å². The van der Waals surface area contributed by atoms with Crippen LogP contribution in [0, 0.1) is 5.92 Å². The highest BCUT2D eigenvalue weighted by Crippen LogP contribution is 2.10. The Labute approximate surface area is 97.8 Å². The molecule has 0 saturated carbocycles. The molecule has 0 radical (unpaired) electrons. The van der Waals surface area contributed by atoms with Crippen molar-refractivity contribution in [3.8, 4) is 0 Å². The van der Waals surface area contributed by atoms with Crippen LogP contribution in [0.5, 0.6) is 0 Å². The Morgan fingerprint density at radius 1 is 1.13 bits per heavy atom. The van der Waals surface area contributed by atoms with E-state index in [0.29, 0.717) is 6.04 Å². The van der Waals surface area contributed by atoms with Gasteiger partial charge in [-0.2, -0.15) is 0 Å². The Hall–Kier alpha value is -0.530. The van der Waals surface area contributed by atoms with E-state index in [1.54, 1.807) is 0 Å². The lowest BCUT2D eigenvalue weighted by Crippen LogP contribution is -2.26. The Morgan fingerprint density at radius 2 is 1.73 bits per heavy atom. The summed E-state index contributed by atoms with van der Waals surface area (Å²) < 4.78 is 0. The molecule has 1 rings (SSSR count). The van der Waals surface area contributed by atoms with Gasteiger partial charge in [-0.15, -0.1) is 0 Å². The first kappa shape index (κ1) is 12.5. The standard InChI is InChI=1S/C13H20ClN/c1-10(2)8-11(3)15-9-12-4-6-13(14)7-5-12/h4-7,10-11,15H,8-9H2,1-3H3. The lowest BCUT2D eigenvalue weighted by molar-refractivity contribution is 0.441. The van der Waals surface area contributed by atoms with Crippen LogP contribution in [0.15, 0.2) is 24.3 Å². The molecular weight excluding hydrogens is 206 g/mol. The van der Waals surface area contributed by atoms with Crippen LogP contribution < -0.4 is 5.32 Å². The number of hydrogen-bond donors (Lipinski definition) is 1. The van der Waals surface area contributed by atoms with Gasteiger partial charge in [0.05, 0.1) is 0 Å². The van der Waals surface area contributed by atoms with Gasteiger partial charge in [0, 0.05) is 17.6 Å². The Morgan fingerprint density at radius 3 is 2.27 bits per heavy atom. The van der Waals surface area contributed by atoms with Gasteiger partial charge in [-0.3, -0.25) is 0 Å². The molecule has 1 unspecified atom stereocenters. The lowest BCUT2D eigenvalue weighted by Gasteiger charge is -2.15. The quantitative estimate of drug-likeness (QED) is 0.803. The molecule has 0 aromatic heterocycles. The van der Waals surface area contributed by atoms with Gasteiger partial charge in [-0.25, -0.2) is 0 Å². The molecule has 0 amide bonds. The van der Waals surface area contributed by atoms with E-state index in [2.05, 4.69) is 38.2 Å². The maximum absolute atomic E-state index is 5.82. The molecule has 0 saturated heterocycles. The Bertz CT molecular complexity index is 279. The van der Waals surface area contributed by atoms with Gasteiger partial charge in [0.2, 0.25) is 0 Å². The molecule has 1 aromatic rings. The predicted octanol–water partition coefficient (Wildman–Crippen LogP) is 3.86. The van der Waals surface area contributed by atoms with Crippen molar-refractivity contribution in [3.63, 3.8) is 0 Å². The van der Waals surface area contributed by atoms with Crippen molar-refractivity contribution in [1.29, 1.82) is 0 Å². The largest absolute Gasteiger partial charge is 0.310 e. The highest BCUT2D eigenvalue weighted by molar-refractivity contribution is 6.30. The van der Waals surface area contributed by atoms with Crippen molar-refractivity contribution in [2.45, 2.75) is 39.8 Å². The average Bonchev–Trinajstić information content (AvgIpc) is 2.16. The average molecular weight is 226 g/mol. The minimum atomic E-state index is 0.570. The first-order chi connectivity index (χ1) is 7.08. The molecule has 0 spiro atoms. The highest BCUT2D eigenvalue weighted by Gasteiger charge is 2.03. The van der Waals surface area contributed by atoms with E-state index >= 15 is 0 Å². The van der Waals surface area contributed by atoms with Gasteiger partial charge in [0.25, 0.3) is 0 Å². The van der Waals surface area contributed by atoms with E-state index in [1.807, 2.05) is 12.1 Å². The number of rotatable bonds is 5. The summed E-state index contributed by atoms with van der Waals surface area (Å²) >= 11 is 5.82. The summed E-state index contributed by atoms with van der Waals surface area (Å²) in [5, 5.41) is 4.31. The summed E-state index contributed by atoms with van der Waals surface area (Å²) in [6.07, 6.45) is 1.22. The van der Waals surface area contributed by atoms with Crippen LogP contribution in [0.3, 0.4) is 0 Å². The topological polar surface area (TPSA) is 12.0 Å². The fraction of sp³-hybridized carbons (Fsp3) is 0.538. The number of hydrogen-bond acceptors (Lipinski definition) is 1. The number of benzene rings is 1. The summed E-state index contributed by atoms with van der Waals surface area (Å²) in [5.41, 5.74) is 1.29. The van der Waals surface area contributed by atoms with Crippen LogP contribution in [0.2, 0.25) is 5.02 Å². The predicted molar refractivity (Wildman–Crippen MR) is 67.2 cm³/mol. The Kier molecular flexibility index (Phi) is 5.13. The molecule has 1 atom stereocenters. The van der Waals surface area contributed by atoms with Gasteiger partial charge in [-0.05, 0) is 37.0 Å². The van der Waals surface area contributed by atoms with Crippen LogP contribution in [0.25, 0.3) is 0 Å². The first-order valence-corrected chi connectivity index (χ1v) is 5.93. The molecule has 84 valence electrons. The smallest absolute Gasteiger partial charge is 0.0406 e. The zero-order valence-electron chi connectivity index (χ0n) is 9.76. The maximum Gasteiger partial charge on any atom is 0.0406 e. The van der Waals surface area contributed by atoms with Crippen molar-refractivity contribution in [3.05, 3.63) is 34.9 Å². The third kappa shape index (κ3) is 5.19. The molecule has 0 heterocycles. The van der Waals surface area contributed by atoms with E-state index in [-0.39, 0.29) is 0 Å². The van der Waals surface area contributed by atoms with Gasteiger partial charge < -0.3 is 5.32 Å². The van der Waals surface area contributed by atoms with E-state index in [1.165, 1.54) is 12.0 Å². The molecule has 1 aromatic carbocycles. The second kappa shape index (κ2) is 6.14. The number of nitrogens with one attached hydrogen (secondary N) is 1. The zero-order chi connectivity index (χ0) is 11.3. The van der Waals surface area contributed by atoms with Gasteiger partial charge in [0.1, 0.15) is 0 Å². The van der Waals surface area contributed by atoms with Crippen LogP contribution in [-0.4, -0.2) is 6.04 Å². The van der Waals surface area contributed by atoms with Crippen LogP contribution in [0.1, 0.15) is 32.8 Å². The van der Waals surface area contributed by atoms with E-state index in [0.717, 1.165) is 17.5 Å². The van der Waals surface area contributed by atoms with Crippen molar-refractivity contribution in [2.24, 2.45) is 5.92 Å². The SMILES string of the molecule is CC(C)CC(C)NCc1ccc(Cl)cc1. The molecule has 0 aliphatic heterocycles. The fourth-order valence-electron chi connectivity index (χ4n) is 1.68. The zero-order valence-corrected chi connectivity index (χ0v) is 10.5. The van der Waals surface area contributed by atoms with Crippen LogP contribution >= 0.6 is 11.6 Å². The molecule has 0 bridgehead atoms. The normalized spacial score (nSPS) is 13.1. The summed E-state index contributed by atoms with van der Waals surface area (Å²) in [6.45, 7) is 7.65. The maximum atomic E-state index is 5.82. The van der Waals surface area contributed by atoms with Crippen molar-refractivity contribution >= 4 is 11.6 Å². The summed E-state index contributed by atoms with van der Waals surface area (Å²) in [6, 6.07) is 8.58. The van der Waals surface area contributed by atoms with Gasteiger partial charge >= 0.3 is 0 Å². The van der Waals surface area contributed by atoms with Crippen molar-refractivity contribution < 1.29 is 0 Å². The Balaban J connectivity index is 2.33. The first-order valence-electron chi connectivity index (χ1n) is 5.55. The summed E-state index contributed by atoms with van der Waals surface area (Å²) in [7, 11) is 0. The third-order valence-corrected chi connectivity index (χ3v) is 2.64. The molecule has 0 aliphatic rings. The fourth-order valence-corrected chi connectivity index (χ4v) is 1.81. The van der Waals surface area contributed by atoms with E-state index < -0.39 is 0 Å². The van der Waals surface area contributed by atoms with Gasteiger partial charge in [-0.1, -0.05) is 37.6 Å². The molecular formula is C13H20ClN. The molecule has 1 nitrogen and oxygen atoms in total. The van der Waals surface area contributed by atoms with Crippen molar-refractivity contribution in [2.75, 3.05) is 0 Å². The minimum absolute atomic E-state index is 0.570. The molecule has 2 heteroatoms.